The van der Waals surface area contributed by atoms with Crippen LogP contribution in [0.4, 0.5) is 4.39 Å². The first-order valence-corrected chi connectivity index (χ1v) is 5.83. The molecule has 1 aromatic rings. The van der Waals surface area contributed by atoms with Gasteiger partial charge in [-0.05, 0) is 15.9 Å². The molecule has 2 heterocycles. The molecule has 0 radical (unpaired) electrons. The molecule has 3 N–H and O–H groups in total. The summed E-state index contributed by atoms with van der Waals surface area (Å²) in [6, 6.07) is 0. The second-order valence-corrected chi connectivity index (χ2v) is 4.70. The van der Waals surface area contributed by atoms with Crippen LogP contribution in [0.1, 0.15) is 6.23 Å². The Balaban J connectivity index is 2.42. The van der Waals surface area contributed by atoms with Gasteiger partial charge in [-0.3, -0.25) is 14.3 Å². The minimum absolute atomic E-state index is 0.0519. The first-order chi connectivity index (χ1) is 8.45. The van der Waals surface area contributed by atoms with Gasteiger partial charge in [0.2, 0.25) is 0 Å². The molecule has 1 aromatic heterocycles. The monoisotopic (exact) mass is 324 g/mol. The zero-order valence-corrected chi connectivity index (χ0v) is 10.5. The molecule has 1 saturated heterocycles. The maximum absolute atomic E-state index is 12.5. The average molecular weight is 325 g/mol. The Labute approximate surface area is 108 Å². The number of aromatic amines is 1. The molecule has 0 saturated carbocycles. The summed E-state index contributed by atoms with van der Waals surface area (Å²) in [5, 5.41) is 19.2. The van der Waals surface area contributed by atoms with E-state index in [1.807, 2.05) is 4.98 Å². The molecule has 1 aliphatic rings. The number of hydrogen-bond donors (Lipinski definition) is 3. The second kappa shape index (κ2) is 4.92. The number of alkyl halides is 1. The molecule has 1 fully saturated rings. The first-order valence-electron chi connectivity index (χ1n) is 5.04. The molecule has 7 nitrogen and oxygen atoms in total. The third-order valence-electron chi connectivity index (χ3n) is 2.69. The SMILES string of the molecule is O=c1[nH]c(=O)n([C@H]2O[C@@H](CF)[C@H](O)[C@@H]2O)cc1Br. The Morgan fingerprint density at radius 2 is 2.11 bits per heavy atom. The summed E-state index contributed by atoms with van der Waals surface area (Å²) in [6.07, 6.45) is -4.23. The van der Waals surface area contributed by atoms with Crippen LogP contribution in [0.5, 0.6) is 0 Å². The van der Waals surface area contributed by atoms with Gasteiger partial charge in [0.15, 0.2) is 6.23 Å². The Hall–Kier alpha value is -1.03. The molecule has 0 aromatic carbocycles. The Kier molecular flexibility index (Phi) is 3.66. The van der Waals surface area contributed by atoms with Crippen molar-refractivity contribution in [2.45, 2.75) is 24.5 Å². The average Bonchev–Trinajstić information content (AvgIpc) is 2.61. The second-order valence-electron chi connectivity index (χ2n) is 3.84. The van der Waals surface area contributed by atoms with Gasteiger partial charge in [0.25, 0.3) is 5.56 Å². The lowest BCUT2D eigenvalue weighted by atomic mass is 10.1. The van der Waals surface area contributed by atoms with Crippen molar-refractivity contribution in [1.82, 2.24) is 9.55 Å². The van der Waals surface area contributed by atoms with Crippen molar-refractivity contribution in [3.05, 3.63) is 31.5 Å². The molecule has 0 spiro atoms. The largest absolute Gasteiger partial charge is 0.387 e. The standard InChI is InChI=1S/C9H10BrFN2O5/c10-3-2-13(9(17)12-7(3)16)8-6(15)5(14)4(1-11)18-8/h2,4-6,8,14-15H,1H2,(H,12,16,17)/t4-,5-,6-,8-/m0/s1. The van der Waals surface area contributed by atoms with Crippen molar-refractivity contribution in [1.29, 1.82) is 0 Å². The first kappa shape index (κ1) is 13.4. The number of nitrogens with one attached hydrogen (secondary N) is 1. The van der Waals surface area contributed by atoms with Crippen molar-refractivity contribution in [3.8, 4) is 0 Å². The van der Waals surface area contributed by atoms with Crippen LogP contribution in [0.25, 0.3) is 0 Å². The minimum Gasteiger partial charge on any atom is -0.387 e. The lowest BCUT2D eigenvalue weighted by Crippen LogP contribution is -2.38. The quantitative estimate of drug-likeness (QED) is 0.639. The zero-order chi connectivity index (χ0) is 13.4. The van der Waals surface area contributed by atoms with Gasteiger partial charge in [-0.25, -0.2) is 9.18 Å². The third-order valence-corrected chi connectivity index (χ3v) is 3.25. The van der Waals surface area contributed by atoms with Gasteiger partial charge in [-0.2, -0.15) is 0 Å². The van der Waals surface area contributed by atoms with Gasteiger partial charge < -0.3 is 14.9 Å². The fraction of sp³-hybridized carbons (Fsp3) is 0.556. The predicted octanol–water partition coefficient (Wildman–Crippen LogP) is -1.11. The number of aromatic nitrogens is 2. The van der Waals surface area contributed by atoms with Crippen molar-refractivity contribution < 1.29 is 19.3 Å². The molecule has 100 valence electrons. The van der Waals surface area contributed by atoms with Gasteiger partial charge in [0.1, 0.15) is 25.0 Å². The number of aliphatic hydroxyl groups excluding tert-OH is 2. The van der Waals surface area contributed by atoms with E-state index in [1.54, 1.807) is 0 Å². The Morgan fingerprint density at radius 3 is 2.67 bits per heavy atom. The summed E-state index contributed by atoms with van der Waals surface area (Å²) in [5.41, 5.74) is -1.45. The molecule has 18 heavy (non-hydrogen) atoms. The molecule has 4 atom stereocenters. The van der Waals surface area contributed by atoms with E-state index < -0.39 is 42.5 Å². The maximum Gasteiger partial charge on any atom is 0.330 e. The van der Waals surface area contributed by atoms with Gasteiger partial charge in [0.05, 0.1) is 4.47 Å². The van der Waals surface area contributed by atoms with E-state index in [0.717, 1.165) is 10.8 Å². The number of ether oxygens (including phenoxy) is 1. The van der Waals surface area contributed by atoms with Crippen molar-refractivity contribution in [3.63, 3.8) is 0 Å². The summed E-state index contributed by atoms with van der Waals surface area (Å²) in [5.74, 6) is 0. The number of aliphatic hydroxyl groups is 2. The highest BCUT2D eigenvalue weighted by Gasteiger charge is 2.44. The molecular formula is C9H10BrFN2O5. The zero-order valence-electron chi connectivity index (χ0n) is 8.92. The van der Waals surface area contributed by atoms with E-state index in [4.69, 9.17) is 4.74 Å². The van der Waals surface area contributed by atoms with Crippen LogP contribution in [-0.4, -0.2) is 44.8 Å². The number of H-pyrrole nitrogens is 1. The normalized spacial score (nSPS) is 31.8. The van der Waals surface area contributed by atoms with Crippen LogP contribution in [0.2, 0.25) is 0 Å². The van der Waals surface area contributed by atoms with Gasteiger partial charge in [0, 0.05) is 6.20 Å². The van der Waals surface area contributed by atoms with Crippen molar-refractivity contribution in [2.24, 2.45) is 0 Å². The fourth-order valence-electron chi connectivity index (χ4n) is 1.74. The topological polar surface area (TPSA) is 105 Å². The molecular weight excluding hydrogens is 315 g/mol. The van der Waals surface area contributed by atoms with E-state index >= 15 is 0 Å². The van der Waals surface area contributed by atoms with Crippen LogP contribution >= 0.6 is 15.9 Å². The van der Waals surface area contributed by atoms with Crippen LogP contribution in [0, 0.1) is 0 Å². The highest BCUT2D eigenvalue weighted by atomic mass is 79.9. The molecule has 0 bridgehead atoms. The minimum atomic E-state index is -1.46. The molecule has 0 unspecified atom stereocenters. The van der Waals surface area contributed by atoms with Crippen LogP contribution in [0.3, 0.4) is 0 Å². The fourth-order valence-corrected chi connectivity index (χ4v) is 2.06. The summed E-state index contributed by atoms with van der Waals surface area (Å²) >= 11 is 2.92. The summed E-state index contributed by atoms with van der Waals surface area (Å²) < 4.78 is 18.5. The molecule has 9 heteroatoms. The van der Waals surface area contributed by atoms with Crippen LogP contribution in [-0.2, 0) is 4.74 Å². The van der Waals surface area contributed by atoms with E-state index in [2.05, 4.69) is 15.9 Å². The predicted molar refractivity (Wildman–Crippen MR) is 60.9 cm³/mol. The lowest BCUT2D eigenvalue weighted by molar-refractivity contribution is -0.0456. The van der Waals surface area contributed by atoms with E-state index in [-0.39, 0.29) is 4.47 Å². The van der Waals surface area contributed by atoms with Crippen LogP contribution in [0.15, 0.2) is 20.3 Å². The maximum atomic E-state index is 12.5. The van der Waals surface area contributed by atoms with Crippen molar-refractivity contribution in [2.75, 3.05) is 6.67 Å². The summed E-state index contributed by atoms with van der Waals surface area (Å²) in [6.45, 7) is -0.992. The number of rotatable bonds is 2. The summed E-state index contributed by atoms with van der Waals surface area (Å²) in [7, 11) is 0. The summed E-state index contributed by atoms with van der Waals surface area (Å²) in [4.78, 5) is 24.7. The lowest BCUT2D eigenvalue weighted by Gasteiger charge is -2.17. The van der Waals surface area contributed by atoms with Gasteiger partial charge >= 0.3 is 5.69 Å². The highest BCUT2D eigenvalue weighted by molar-refractivity contribution is 9.10. The van der Waals surface area contributed by atoms with E-state index in [9.17, 15) is 24.2 Å². The number of hydrogen-bond acceptors (Lipinski definition) is 5. The third kappa shape index (κ3) is 2.14. The number of nitrogens with zero attached hydrogens (tertiary/aromatic N) is 1. The number of halogens is 2. The molecule has 0 aliphatic carbocycles. The highest BCUT2D eigenvalue weighted by Crippen LogP contribution is 2.28. The van der Waals surface area contributed by atoms with Gasteiger partial charge in [-0.15, -0.1) is 0 Å². The van der Waals surface area contributed by atoms with Crippen molar-refractivity contribution >= 4 is 15.9 Å². The Morgan fingerprint density at radius 1 is 1.44 bits per heavy atom. The van der Waals surface area contributed by atoms with Gasteiger partial charge in [-0.1, -0.05) is 0 Å². The van der Waals surface area contributed by atoms with E-state index in [1.165, 1.54) is 0 Å². The smallest absolute Gasteiger partial charge is 0.330 e. The Bertz CT molecular complexity index is 559. The molecule has 0 amide bonds. The molecule has 2 rings (SSSR count). The van der Waals surface area contributed by atoms with Crippen LogP contribution < -0.4 is 11.2 Å². The van der Waals surface area contributed by atoms with E-state index in [0.29, 0.717) is 0 Å². The molecule has 1 aliphatic heterocycles.